The molecule has 1 aromatic rings. The van der Waals surface area contributed by atoms with Gasteiger partial charge in [-0.1, -0.05) is 6.92 Å². The van der Waals surface area contributed by atoms with Gasteiger partial charge in [-0.05, 0) is 32.0 Å². The Morgan fingerprint density at radius 2 is 2.00 bits per heavy atom. The predicted molar refractivity (Wildman–Crippen MR) is 78.5 cm³/mol. The number of nitrogens with two attached hydrogens (primary N) is 1. The summed E-state index contributed by atoms with van der Waals surface area (Å²) in [6.45, 7) is 4.91. The van der Waals surface area contributed by atoms with Gasteiger partial charge in [-0.25, -0.2) is 12.8 Å². The molecule has 1 aromatic carbocycles. The van der Waals surface area contributed by atoms with Gasteiger partial charge in [-0.15, -0.1) is 0 Å². The van der Waals surface area contributed by atoms with E-state index in [1.807, 2.05) is 0 Å². The Morgan fingerprint density at radius 3 is 2.48 bits per heavy atom. The second-order valence-corrected chi connectivity index (χ2v) is 6.81. The van der Waals surface area contributed by atoms with Crippen molar-refractivity contribution in [1.29, 1.82) is 0 Å². The van der Waals surface area contributed by atoms with Crippen LogP contribution in [-0.2, 0) is 14.8 Å². The van der Waals surface area contributed by atoms with Crippen molar-refractivity contribution < 1.29 is 17.6 Å². The van der Waals surface area contributed by atoms with Crippen LogP contribution in [0.25, 0.3) is 0 Å². The number of likely N-dealkylation sites (N-methyl/N-ethyl adjacent to an activating group) is 1. The summed E-state index contributed by atoms with van der Waals surface area (Å²) in [6.07, 6.45) is 0. The van der Waals surface area contributed by atoms with Crippen LogP contribution in [0.4, 0.5) is 10.1 Å². The number of hydrogen-bond acceptors (Lipinski definition) is 4. The first kappa shape index (κ1) is 17.4. The molecule has 0 saturated heterocycles. The molecule has 0 heterocycles. The van der Waals surface area contributed by atoms with Crippen molar-refractivity contribution in [3.05, 3.63) is 24.0 Å². The van der Waals surface area contributed by atoms with Crippen molar-refractivity contribution in [2.75, 3.05) is 18.8 Å². The molecule has 0 aliphatic carbocycles. The van der Waals surface area contributed by atoms with Gasteiger partial charge in [0.05, 0.1) is 11.4 Å². The van der Waals surface area contributed by atoms with E-state index >= 15 is 0 Å². The summed E-state index contributed by atoms with van der Waals surface area (Å²) in [7, 11) is -3.97. The van der Waals surface area contributed by atoms with Gasteiger partial charge in [0.25, 0.3) is 0 Å². The van der Waals surface area contributed by atoms with Crippen LogP contribution in [0.1, 0.15) is 20.8 Å². The largest absolute Gasteiger partial charge is 0.399 e. The summed E-state index contributed by atoms with van der Waals surface area (Å²) >= 11 is 0. The summed E-state index contributed by atoms with van der Waals surface area (Å²) in [5.41, 5.74) is 5.47. The molecule has 0 radical (unpaired) electrons. The molecule has 0 unspecified atom stereocenters. The molecular formula is C13H20FN3O3S. The molecule has 1 rings (SSSR count). The lowest BCUT2D eigenvalue weighted by molar-refractivity contribution is -0.121. The van der Waals surface area contributed by atoms with E-state index in [2.05, 4.69) is 5.32 Å². The van der Waals surface area contributed by atoms with E-state index in [1.165, 1.54) is 6.07 Å². The molecule has 118 valence electrons. The molecule has 0 aliphatic heterocycles. The number of rotatable bonds is 6. The Kier molecular flexibility index (Phi) is 5.68. The fourth-order valence-corrected chi connectivity index (χ4v) is 3.25. The first-order valence-electron chi connectivity index (χ1n) is 6.52. The molecule has 0 spiro atoms. The minimum absolute atomic E-state index is 0.0104. The number of halogens is 1. The van der Waals surface area contributed by atoms with Crippen molar-refractivity contribution in [3.63, 3.8) is 0 Å². The normalized spacial score (nSPS) is 11.9. The average Bonchev–Trinajstić information content (AvgIpc) is 2.33. The van der Waals surface area contributed by atoms with E-state index in [-0.39, 0.29) is 29.7 Å². The maximum absolute atomic E-state index is 13.3. The molecule has 0 saturated carbocycles. The summed E-state index contributed by atoms with van der Waals surface area (Å²) in [5, 5.41) is 2.61. The molecule has 0 aromatic heterocycles. The quantitative estimate of drug-likeness (QED) is 0.764. The number of carbonyl (C=O) groups excluding carboxylic acids is 1. The highest BCUT2D eigenvalue weighted by molar-refractivity contribution is 7.89. The highest BCUT2D eigenvalue weighted by atomic mass is 32.2. The van der Waals surface area contributed by atoms with Crippen molar-refractivity contribution in [3.8, 4) is 0 Å². The van der Waals surface area contributed by atoms with Crippen LogP contribution in [0, 0.1) is 5.82 Å². The fraction of sp³-hybridized carbons (Fsp3) is 0.462. The van der Waals surface area contributed by atoms with Gasteiger partial charge < -0.3 is 11.1 Å². The molecule has 6 nitrogen and oxygen atoms in total. The maximum atomic E-state index is 13.3. The number of carbonyl (C=O) groups is 1. The molecular weight excluding hydrogens is 297 g/mol. The molecule has 21 heavy (non-hydrogen) atoms. The third-order valence-electron chi connectivity index (χ3n) is 2.65. The Bertz CT molecular complexity index is 597. The lowest BCUT2D eigenvalue weighted by Gasteiger charge is -2.21. The summed E-state index contributed by atoms with van der Waals surface area (Å²) in [6, 6.07) is 2.99. The monoisotopic (exact) mass is 317 g/mol. The molecule has 0 fully saturated rings. The van der Waals surface area contributed by atoms with Crippen LogP contribution in [0.5, 0.6) is 0 Å². The van der Waals surface area contributed by atoms with Crippen molar-refractivity contribution in [2.45, 2.75) is 31.7 Å². The first-order chi connectivity index (χ1) is 9.66. The first-order valence-corrected chi connectivity index (χ1v) is 7.96. The van der Waals surface area contributed by atoms with E-state index in [1.54, 1.807) is 20.8 Å². The number of sulfonamides is 1. The molecule has 0 atom stereocenters. The summed E-state index contributed by atoms with van der Waals surface area (Å²) < 4.78 is 39.1. The number of hydrogen-bond donors (Lipinski definition) is 2. The zero-order chi connectivity index (χ0) is 16.2. The van der Waals surface area contributed by atoms with E-state index in [0.29, 0.717) is 0 Å². The van der Waals surface area contributed by atoms with Crippen LogP contribution in [0.15, 0.2) is 23.1 Å². The van der Waals surface area contributed by atoms with E-state index in [4.69, 9.17) is 5.73 Å². The van der Waals surface area contributed by atoms with Crippen LogP contribution < -0.4 is 11.1 Å². The van der Waals surface area contributed by atoms with Crippen LogP contribution in [-0.4, -0.2) is 37.8 Å². The minimum atomic E-state index is -3.97. The summed E-state index contributed by atoms with van der Waals surface area (Å²) in [5.74, 6) is -1.16. The Hall–Kier alpha value is -1.67. The number of nitrogens with one attached hydrogen (secondary N) is 1. The Balaban J connectivity index is 3.05. The predicted octanol–water partition coefficient (Wildman–Crippen LogP) is 0.943. The van der Waals surface area contributed by atoms with E-state index in [0.717, 1.165) is 16.4 Å². The summed E-state index contributed by atoms with van der Waals surface area (Å²) in [4.78, 5) is 11.5. The zero-order valence-corrected chi connectivity index (χ0v) is 13.1. The second kappa shape index (κ2) is 6.86. The van der Waals surface area contributed by atoms with Crippen molar-refractivity contribution in [1.82, 2.24) is 9.62 Å². The van der Waals surface area contributed by atoms with Gasteiger partial charge in [0.15, 0.2) is 0 Å². The number of amides is 1. The van der Waals surface area contributed by atoms with Gasteiger partial charge in [-0.2, -0.15) is 4.31 Å². The Morgan fingerprint density at radius 1 is 1.38 bits per heavy atom. The second-order valence-electron chi connectivity index (χ2n) is 4.87. The van der Waals surface area contributed by atoms with Crippen molar-refractivity contribution in [2.24, 2.45) is 0 Å². The van der Waals surface area contributed by atoms with Gasteiger partial charge >= 0.3 is 0 Å². The third-order valence-corrected chi connectivity index (χ3v) is 4.55. The SMILES string of the molecule is CCN(CC(=O)NC(C)C)S(=O)(=O)c1cc(N)cc(F)c1. The van der Waals surface area contributed by atoms with E-state index < -0.39 is 21.7 Å². The standard InChI is InChI=1S/C13H20FN3O3S/c1-4-17(8-13(18)16-9(2)3)21(19,20)12-6-10(14)5-11(15)7-12/h5-7,9H,4,8,15H2,1-3H3,(H,16,18). The van der Waals surface area contributed by atoms with Gasteiger partial charge in [0.2, 0.25) is 15.9 Å². The Labute approximate surface area is 124 Å². The molecule has 0 bridgehead atoms. The van der Waals surface area contributed by atoms with Gasteiger partial charge in [0, 0.05) is 18.3 Å². The number of anilines is 1. The lowest BCUT2D eigenvalue weighted by atomic mass is 10.3. The highest BCUT2D eigenvalue weighted by Gasteiger charge is 2.26. The number of nitrogens with zero attached hydrogens (tertiary/aromatic N) is 1. The minimum Gasteiger partial charge on any atom is -0.399 e. The lowest BCUT2D eigenvalue weighted by Crippen LogP contribution is -2.42. The molecule has 3 N–H and O–H groups in total. The third kappa shape index (κ3) is 4.68. The molecule has 8 heteroatoms. The topological polar surface area (TPSA) is 92.5 Å². The van der Waals surface area contributed by atoms with Gasteiger partial charge in [0.1, 0.15) is 5.82 Å². The van der Waals surface area contributed by atoms with Gasteiger partial charge in [-0.3, -0.25) is 4.79 Å². The maximum Gasteiger partial charge on any atom is 0.243 e. The van der Waals surface area contributed by atoms with Crippen LogP contribution >= 0.6 is 0 Å². The fourth-order valence-electron chi connectivity index (χ4n) is 1.78. The van der Waals surface area contributed by atoms with Crippen LogP contribution in [0.2, 0.25) is 0 Å². The average molecular weight is 317 g/mol. The van der Waals surface area contributed by atoms with Crippen LogP contribution in [0.3, 0.4) is 0 Å². The smallest absolute Gasteiger partial charge is 0.243 e. The highest BCUT2D eigenvalue weighted by Crippen LogP contribution is 2.19. The van der Waals surface area contributed by atoms with Crippen molar-refractivity contribution >= 4 is 21.6 Å². The number of nitrogen functional groups attached to an aromatic ring is 1. The molecule has 0 aliphatic rings. The molecule has 1 amide bonds. The zero-order valence-electron chi connectivity index (χ0n) is 12.3. The number of benzene rings is 1. The van der Waals surface area contributed by atoms with E-state index in [9.17, 15) is 17.6 Å².